The summed E-state index contributed by atoms with van der Waals surface area (Å²) < 4.78 is 29.8. The number of aromatic nitrogens is 2. The zero-order valence-corrected chi connectivity index (χ0v) is 41.9. The van der Waals surface area contributed by atoms with Crippen molar-refractivity contribution >= 4 is 41.1 Å². The molecule has 6 rings (SSSR count). The number of benzene rings is 4. The van der Waals surface area contributed by atoms with Crippen LogP contribution < -0.4 is 15.4 Å². The molecule has 1 saturated heterocycles. The first-order valence-corrected chi connectivity index (χ1v) is 23.7. The third-order valence-electron chi connectivity index (χ3n) is 12.8. The van der Waals surface area contributed by atoms with Crippen molar-refractivity contribution in [3.05, 3.63) is 137 Å². The van der Waals surface area contributed by atoms with E-state index in [1.807, 2.05) is 85.2 Å². The Morgan fingerprint density at radius 3 is 2.17 bits per heavy atom. The van der Waals surface area contributed by atoms with Gasteiger partial charge in [-0.25, -0.2) is 9.37 Å². The van der Waals surface area contributed by atoms with Gasteiger partial charge in [0.25, 0.3) is 0 Å². The molecular formula is C53H64ClFN8O7. The highest BCUT2D eigenvalue weighted by Gasteiger charge is 2.36. The van der Waals surface area contributed by atoms with Gasteiger partial charge in [-0.2, -0.15) is 0 Å². The van der Waals surface area contributed by atoms with Crippen molar-refractivity contribution in [1.29, 1.82) is 0 Å². The number of carbonyl (C=O) groups is 5. The lowest BCUT2D eigenvalue weighted by Crippen LogP contribution is -2.57. The Kier molecular flexibility index (Phi) is 18.3. The first kappa shape index (κ1) is 52.7. The van der Waals surface area contributed by atoms with Crippen molar-refractivity contribution in [3.63, 3.8) is 0 Å². The van der Waals surface area contributed by atoms with E-state index in [9.17, 15) is 24.0 Å². The number of para-hydroxylation sites is 1. The van der Waals surface area contributed by atoms with E-state index in [0.29, 0.717) is 17.3 Å². The summed E-state index contributed by atoms with van der Waals surface area (Å²) in [5.74, 6) is -3.06. The van der Waals surface area contributed by atoms with Gasteiger partial charge >= 0.3 is 0 Å². The van der Waals surface area contributed by atoms with E-state index in [-0.39, 0.29) is 68.5 Å². The van der Waals surface area contributed by atoms with E-state index >= 15 is 4.39 Å². The van der Waals surface area contributed by atoms with Crippen LogP contribution in [-0.2, 0) is 61.7 Å². The summed E-state index contributed by atoms with van der Waals surface area (Å²) >= 11 is 6.18. The van der Waals surface area contributed by atoms with Crippen molar-refractivity contribution in [3.8, 4) is 22.8 Å². The minimum atomic E-state index is -1.27. The Balaban J connectivity index is 1.36. The largest absolute Gasteiger partial charge is 0.454 e. The first-order valence-electron chi connectivity index (χ1n) is 23.3. The molecule has 5 aromatic rings. The summed E-state index contributed by atoms with van der Waals surface area (Å²) in [6.07, 6.45) is 1.83. The molecular weight excluding hydrogens is 915 g/mol. The Hall–Kier alpha value is -6.62. The normalized spacial score (nSPS) is 20.3. The van der Waals surface area contributed by atoms with Crippen molar-refractivity contribution in [2.24, 2.45) is 13.0 Å². The highest BCUT2D eigenvalue weighted by molar-refractivity contribution is 6.30. The average molecular weight is 980 g/mol. The summed E-state index contributed by atoms with van der Waals surface area (Å²) in [6.45, 7) is 3.53. The van der Waals surface area contributed by atoms with Crippen molar-refractivity contribution in [2.45, 2.75) is 76.8 Å². The standard InChI is InChI=1S/C53H64ClFN8O7/c1-34-29-57-48(64)28-42(26-37-17-21-41(54)22-18-37)61(6)53(68)45(33-69-8)58-51(66)35(2)63(49(65)27-40(52(67)60(34)5)25-36-13-10-9-11-14-36)31-39-15-12-16-44(55)50(39)70-43-23-19-38(20-24-43)46-30-56-47(62(46)7)32-59(3)4/h9-24,30,34-35,40,42,45H,25-29,31-33H2,1-8H3,(H,57,64)(H,58,66)/t34-,35-,40+,42-,45-/m0/s1. The molecule has 0 radical (unpaired) electrons. The quantitative estimate of drug-likeness (QED) is 0.139. The number of hydrogen-bond acceptors (Lipinski definition) is 9. The van der Waals surface area contributed by atoms with E-state index in [2.05, 4.69) is 15.6 Å². The fourth-order valence-corrected chi connectivity index (χ4v) is 8.60. The summed E-state index contributed by atoms with van der Waals surface area (Å²) in [5.41, 5.74) is 3.63. The molecule has 1 aliphatic rings. The number of rotatable bonds is 13. The van der Waals surface area contributed by atoms with Gasteiger partial charge < -0.3 is 44.3 Å². The summed E-state index contributed by atoms with van der Waals surface area (Å²) in [4.78, 5) is 83.0. The maximum Gasteiger partial charge on any atom is 0.247 e. The molecule has 1 aliphatic heterocycles. The van der Waals surface area contributed by atoms with Gasteiger partial charge in [0.15, 0.2) is 11.6 Å². The van der Waals surface area contributed by atoms with E-state index in [4.69, 9.17) is 21.1 Å². The van der Waals surface area contributed by atoms with Gasteiger partial charge in [0.2, 0.25) is 29.5 Å². The van der Waals surface area contributed by atoms with Gasteiger partial charge in [-0.15, -0.1) is 0 Å². The Morgan fingerprint density at radius 1 is 0.814 bits per heavy atom. The van der Waals surface area contributed by atoms with Crippen LogP contribution in [0.1, 0.15) is 49.2 Å². The fourth-order valence-electron chi connectivity index (χ4n) is 8.48. The van der Waals surface area contributed by atoms with Crippen LogP contribution in [0.2, 0.25) is 5.02 Å². The third-order valence-corrected chi connectivity index (χ3v) is 13.1. The van der Waals surface area contributed by atoms with Crippen LogP contribution in [0, 0.1) is 11.7 Å². The molecule has 4 aromatic carbocycles. The Morgan fingerprint density at radius 2 is 1.50 bits per heavy atom. The number of nitrogens with zero attached hydrogens (tertiary/aromatic N) is 6. The zero-order chi connectivity index (χ0) is 50.6. The lowest BCUT2D eigenvalue weighted by atomic mass is 9.93. The lowest BCUT2D eigenvalue weighted by Gasteiger charge is -2.35. The molecule has 0 aliphatic carbocycles. The van der Waals surface area contributed by atoms with Gasteiger partial charge in [0, 0.05) is 75.9 Å². The number of hydrogen-bond donors (Lipinski definition) is 2. The number of carbonyl (C=O) groups excluding carboxylic acids is 5. The van der Waals surface area contributed by atoms with E-state index in [1.165, 1.54) is 40.9 Å². The third kappa shape index (κ3) is 13.6. The van der Waals surface area contributed by atoms with Crippen LogP contribution in [-0.4, -0.2) is 131 Å². The van der Waals surface area contributed by atoms with E-state index in [0.717, 1.165) is 28.2 Å². The van der Waals surface area contributed by atoms with Crippen LogP contribution in [0.15, 0.2) is 103 Å². The fraction of sp³-hybridized carbons (Fsp3) is 0.396. The zero-order valence-electron chi connectivity index (χ0n) is 41.2. The predicted octanol–water partition coefficient (Wildman–Crippen LogP) is 6.27. The molecule has 17 heteroatoms. The topological polar surface area (TPSA) is 159 Å². The molecule has 5 atom stereocenters. The highest BCUT2D eigenvalue weighted by Crippen LogP contribution is 2.32. The second-order valence-corrected chi connectivity index (χ2v) is 18.7. The van der Waals surface area contributed by atoms with Crippen molar-refractivity contribution in [2.75, 3.05) is 48.5 Å². The molecule has 0 bridgehead atoms. The average Bonchev–Trinajstić information content (AvgIpc) is 3.70. The molecule has 0 spiro atoms. The van der Waals surface area contributed by atoms with Crippen LogP contribution in [0.4, 0.5) is 4.39 Å². The summed E-state index contributed by atoms with van der Waals surface area (Å²) in [7, 11) is 10.5. The molecule has 5 amide bonds. The van der Waals surface area contributed by atoms with Crippen LogP contribution in [0.3, 0.4) is 0 Å². The van der Waals surface area contributed by atoms with Gasteiger partial charge in [-0.3, -0.25) is 24.0 Å². The number of likely N-dealkylation sites (N-methyl/N-ethyl adjacent to an activating group) is 2. The molecule has 2 heterocycles. The van der Waals surface area contributed by atoms with Gasteiger partial charge in [0.05, 0.1) is 37.5 Å². The van der Waals surface area contributed by atoms with Gasteiger partial charge in [-0.05, 0) is 94.4 Å². The molecule has 70 heavy (non-hydrogen) atoms. The first-order chi connectivity index (χ1) is 33.4. The second-order valence-electron chi connectivity index (χ2n) is 18.3. The van der Waals surface area contributed by atoms with Crippen molar-refractivity contribution < 1.29 is 37.8 Å². The Labute approximate surface area is 414 Å². The summed E-state index contributed by atoms with van der Waals surface area (Å²) in [5, 5.41) is 6.28. The van der Waals surface area contributed by atoms with Gasteiger partial charge in [-0.1, -0.05) is 66.2 Å². The number of ether oxygens (including phenoxy) is 2. The van der Waals surface area contributed by atoms with Gasteiger partial charge in [0.1, 0.15) is 23.7 Å². The predicted molar refractivity (Wildman–Crippen MR) is 266 cm³/mol. The monoisotopic (exact) mass is 978 g/mol. The van der Waals surface area contributed by atoms with Crippen LogP contribution >= 0.6 is 11.6 Å². The Bertz CT molecular complexity index is 2590. The molecule has 15 nitrogen and oxygen atoms in total. The maximum absolute atomic E-state index is 16.0. The number of amides is 5. The highest BCUT2D eigenvalue weighted by atomic mass is 35.5. The maximum atomic E-state index is 16.0. The SMILES string of the molecule is COC[C@@H]1NC(=O)[C@H](C)N(Cc2cccc(F)c2Oc2ccc(-c3cnc(CN(C)C)n3C)cc2)C(=O)C[C@@H](Cc2ccccc2)C(=O)N(C)[C@@H](C)CNC(=O)C[C@H](Cc2ccc(Cl)cc2)N(C)C1=O. The van der Waals surface area contributed by atoms with Crippen LogP contribution in [0.25, 0.3) is 11.3 Å². The number of imidazole rings is 1. The van der Waals surface area contributed by atoms with E-state index < -0.39 is 53.6 Å². The minimum absolute atomic E-state index is 0.0933. The molecule has 0 unspecified atom stereocenters. The number of methoxy groups -OCH3 is 1. The van der Waals surface area contributed by atoms with Crippen molar-refractivity contribution in [1.82, 2.24) is 39.8 Å². The lowest BCUT2D eigenvalue weighted by molar-refractivity contribution is -0.147. The molecule has 372 valence electrons. The summed E-state index contributed by atoms with van der Waals surface area (Å²) in [6, 6.07) is 24.2. The number of nitrogens with one attached hydrogen (secondary N) is 2. The van der Waals surface area contributed by atoms with E-state index in [1.54, 1.807) is 57.5 Å². The second kappa shape index (κ2) is 24.3. The molecule has 1 fully saturated rings. The molecule has 0 saturated carbocycles. The molecule has 2 N–H and O–H groups in total. The van der Waals surface area contributed by atoms with Crippen LogP contribution in [0.5, 0.6) is 11.5 Å². The number of halogens is 2. The minimum Gasteiger partial charge on any atom is -0.454 e. The molecule has 1 aromatic heterocycles. The smallest absolute Gasteiger partial charge is 0.247 e.